The van der Waals surface area contributed by atoms with E-state index in [-0.39, 0.29) is 24.2 Å². The lowest BCUT2D eigenvalue weighted by Gasteiger charge is -2.19. The van der Waals surface area contributed by atoms with Gasteiger partial charge in [0.15, 0.2) is 18.1 Å². The Kier molecular flexibility index (Phi) is 5.71. The number of amides is 1. The van der Waals surface area contributed by atoms with E-state index in [9.17, 15) is 4.79 Å². The van der Waals surface area contributed by atoms with Crippen molar-refractivity contribution in [2.24, 2.45) is 0 Å². The number of benzene rings is 2. The predicted octanol–water partition coefficient (Wildman–Crippen LogP) is 3.59. The van der Waals surface area contributed by atoms with Gasteiger partial charge in [0.05, 0.1) is 6.10 Å². The Balaban J connectivity index is 1.55. The zero-order valence-corrected chi connectivity index (χ0v) is 16.4. The number of nitrogens with one attached hydrogen (secondary N) is 1. The van der Waals surface area contributed by atoms with Gasteiger partial charge in [-0.3, -0.25) is 4.79 Å². The Morgan fingerprint density at radius 2 is 2.00 bits per heavy atom. The van der Waals surface area contributed by atoms with Crippen LogP contribution < -0.4 is 14.8 Å². The number of rotatable bonds is 7. The van der Waals surface area contributed by atoms with Crippen LogP contribution in [-0.4, -0.2) is 31.8 Å². The minimum absolute atomic E-state index is 0.0650. The first-order chi connectivity index (χ1) is 12.9. The zero-order valence-electron chi connectivity index (χ0n) is 16.4. The molecule has 1 aliphatic rings. The molecule has 0 fully saturated rings. The van der Waals surface area contributed by atoms with Crippen LogP contribution in [0.3, 0.4) is 0 Å². The van der Waals surface area contributed by atoms with Crippen LogP contribution in [0.15, 0.2) is 42.5 Å². The summed E-state index contributed by atoms with van der Waals surface area (Å²) in [6.45, 7) is 6.44. The Hall–Kier alpha value is -2.53. The van der Waals surface area contributed by atoms with Crippen LogP contribution in [0.4, 0.5) is 0 Å². The molecule has 0 saturated heterocycles. The van der Waals surface area contributed by atoms with Crippen LogP contribution in [0.25, 0.3) is 0 Å². The number of carbonyl (C=O) groups is 1. The van der Waals surface area contributed by atoms with Crippen LogP contribution in [0.5, 0.6) is 11.5 Å². The molecule has 2 aromatic rings. The van der Waals surface area contributed by atoms with E-state index in [0.717, 1.165) is 28.9 Å². The van der Waals surface area contributed by atoms with Gasteiger partial charge in [-0.25, -0.2) is 0 Å². The van der Waals surface area contributed by atoms with Crippen molar-refractivity contribution in [3.8, 4) is 11.5 Å². The number of para-hydroxylation sites is 1. The van der Waals surface area contributed by atoms with Gasteiger partial charge in [-0.1, -0.05) is 36.4 Å². The number of aryl methyl sites for hydroxylation is 1. The summed E-state index contributed by atoms with van der Waals surface area (Å²) in [6, 6.07) is 13.8. The van der Waals surface area contributed by atoms with Crippen molar-refractivity contribution in [3.05, 3.63) is 59.2 Å². The van der Waals surface area contributed by atoms with E-state index in [1.807, 2.05) is 63.2 Å². The third-order valence-corrected chi connectivity index (χ3v) is 4.72. The molecule has 5 nitrogen and oxygen atoms in total. The molecule has 0 spiro atoms. The van der Waals surface area contributed by atoms with Crippen molar-refractivity contribution in [2.75, 3.05) is 20.3 Å². The largest absolute Gasteiger partial charge is 0.483 e. The molecule has 0 radical (unpaired) electrons. The lowest BCUT2D eigenvalue weighted by atomic mass is 10.0. The van der Waals surface area contributed by atoms with Gasteiger partial charge in [0.1, 0.15) is 5.60 Å². The van der Waals surface area contributed by atoms with Gasteiger partial charge in [0, 0.05) is 25.6 Å². The van der Waals surface area contributed by atoms with Gasteiger partial charge in [-0.2, -0.15) is 0 Å². The van der Waals surface area contributed by atoms with Crippen molar-refractivity contribution in [2.45, 2.75) is 38.9 Å². The fourth-order valence-electron chi connectivity index (χ4n) is 3.37. The normalized spacial score (nSPS) is 15.6. The summed E-state index contributed by atoms with van der Waals surface area (Å²) >= 11 is 0. The second-order valence-electron chi connectivity index (χ2n) is 7.46. The summed E-state index contributed by atoms with van der Waals surface area (Å²) in [5.74, 6) is 1.15. The van der Waals surface area contributed by atoms with Gasteiger partial charge in [-0.15, -0.1) is 0 Å². The fraction of sp³-hybridized carbons (Fsp3) is 0.409. The van der Waals surface area contributed by atoms with Gasteiger partial charge < -0.3 is 19.5 Å². The second kappa shape index (κ2) is 8.01. The van der Waals surface area contributed by atoms with E-state index >= 15 is 0 Å². The first-order valence-electron chi connectivity index (χ1n) is 9.18. The topological polar surface area (TPSA) is 56.8 Å². The minimum atomic E-state index is -0.247. The Bertz CT molecular complexity index is 816. The standard InChI is InChI=1S/C22H27NO4/c1-15-8-5-6-10-17(15)19(25-4)13-23-20(24)14-26-18-11-7-9-16-12-22(2,3)27-21(16)18/h5-11,19H,12-14H2,1-4H3,(H,23,24). The SMILES string of the molecule is COC(CNC(=O)COc1cccc2c1OC(C)(C)C2)c1ccccc1C. The van der Waals surface area contributed by atoms with Gasteiger partial charge in [0.25, 0.3) is 5.91 Å². The highest BCUT2D eigenvalue weighted by Crippen LogP contribution is 2.41. The molecule has 3 rings (SSSR count). The Labute approximate surface area is 160 Å². The highest BCUT2D eigenvalue weighted by Gasteiger charge is 2.32. The summed E-state index contributed by atoms with van der Waals surface area (Å²) in [5.41, 5.74) is 3.06. The predicted molar refractivity (Wildman–Crippen MR) is 104 cm³/mol. The molecule has 1 aliphatic heterocycles. The summed E-state index contributed by atoms with van der Waals surface area (Å²) in [7, 11) is 1.64. The number of hydrogen-bond donors (Lipinski definition) is 1. The summed E-state index contributed by atoms with van der Waals surface area (Å²) < 4.78 is 17.2. The van der Waals surface area contributed by atoms with Gasteiger partial charge in [0.2, 0.25) is 0 Å². The lowest BCUT2D eigenvalue weighted by molar-refractivity contribution is -0.123. The number of hydrogen-bond acceptors (Lipinski definition) is 4. The molecule has 1 heterocycles. The maximum Gasteiger partial charge on any atom is 0.258 e. The number of methoxy groups -OCH3 is 1. The quantitative estimate of drug-likeness (QED) is 0.810. The molecule has 1 N–H and O–H groups in total. The van der Waals surface area contributed by atoms with Crippen LogP contribution in [0, 0.1) is 6.92 Å². The molecule has 0 aromatic heterocycles. The summed E-state index contributed by atoms with van der Waals surface area (Å²) in [5, 5.41) is 2.88. The molecule has 5 heteroatoms. The van der Waals surface area contributed by atoms with Crippen LogP contribution in [0.1, 0.15) is 36.6 Å². The highest BCUT2D eigenvalue weighted by molar-refractivity contribution is 5.77. The molecule has 1 atom stereocenters. The van der Waals surface area contributed by atoms with E-state index in [4.69, 9.17) is 14.2 Å². The monoisotopic (exact) mass is 369 g/mol. The Morgan fingerprint density at radius 3 is 2.74 bits per heavy atom. The van der Waals surface area contributed by atoms with Crippen molar-refractivity contribution in [1.29, 1.82) is 0 Å². The molecule has 144 valence electrons. The zero-order chi connectivity index (χ0) is 19.4. The highest BCUT2D eigenvalue weighted by atomic mass is 16.5. The van der Waals surface area contributed by atoms with Crippen molar-refractivity contribution in [1.82, 2.24) is 5.32 Å². The first kappa shape index (κ1) is 19.2. The summed E-state index contributed by atoms with van der Waals surface area (Å²) in [4.78, 5) is 12.2. The van der Waals surface area contributed by atoms with Crippen molar-refractivity contribution < 1.29 is 19.0 Å². The molecular weight excluding hydrogens is 342 g/mol. The van der Waals surface area contributed by atoms with Crippen molar-refractivity contribution >= 4 is 5.91 Å². The van der Waals surface area contributed by atoms with Gasteiger partial charge in [-0.05, 0) is 38.0 Å². The maximum absolute atomic E-state index is 12.2. The second-order valence-corrected chi connectivity index (χ2v) is 7.46. The van der Waals surface area contributed by atoms with E-state index in [2.05, 4.69) is 5.32 Å². The number of ether oxygens (including phenoxy) is 3. The van der Waals surface area contributed by atoms with E-state index in [0.29, 0.717) is 12.3 Å². The summed E-state index contributed by atoms with van der Waals surface area (Å²) in [6.07, 6.45) is 0.637. The number of carbonyl (C=O) groups excluding carboxylic acids is 1. The van der Waals surface area contributed by atoms with Crippen LogP contribution >= 0.6 is 0 Å². The molecule has 1 unspecified atom stereocenters. The molecule has 1 amide bonds. The average Bonchev–Trinajstić information content (AvgIpc) is 2.96. The average molecular weight is 369 g/mol. The third-order valence-electron chi connectivity index (χ3n) is 4.72. The lowest BCUT2D eigenvalue weighted by Crippen LogP contribution is -2.33. The molecule has 27 heavy (non-hydrogen) atoms. The Morgan fingerprint density at radius 1 is 1.22 bits per heavy atom. The smallest absolute Gasteiger partial charge is 0.258 e. The van der Waals surface area contributed by atoms with E-state index < -0.39 is 0 Å². The number of fused-ring (bicyclic) bond motifs is 1. The fourth-order valence-corrected chi connectivity index (χ4v) is 3.37. The molecule has 0 saturated carbocycles. The molecular formula is C22H27NO4. The van der Waals surface area contributed by atoms with Crippen LogP contribution in [0.2, 0.25) is 0 Å². The van der Waals surface area contributed by atoms with Crippen LogP contribution in [-0.2, 0) is 16.0 Å². The van der Waals surface area contributed by atoms with E-state index in [1.165, 1.54) is 0 Å². The molecule has 2 aromatic carbocycles. The molecule has 0 bridgehead atoms. The van der Waals surface area contributed by atoms with Crippen molar-refractivity contribution in [3.63, 3.8) is 0 Å². The first-order valence-corrected chi connectivity index (χ1v) is 9.18. The van der Waals surface area contributed by atoms with Gasteiger partial charge >= 0.3 is 0 Å². The maximum atomic E-state index is 12.2. The van der Waals surface area contributed by atoms with E-state index in [1.54, 1.807) is 7.11 Å². The minimum Gasteiger partial charge on any atom is -0.483 e. The molecule has 0 aliphatic carbocycles. The third kappa shape index (κ3) is 4.61.